The van der Waals surface area contributed by atoms with Gasteiger partial charge in [0, 0.05) is 22.9 Å². The van der Waals surface area contributed by atoms with E-state index < -0.39 is 0 Å². The zero-order chi connectivity index (χ0) is 9.26. The Morgan fingerprint density at radius 2 is 2.23 bits per heavy atom. The van der Waals surface area contributed by atoms with E-state index in [1.807, 2.05) is 6.07 Å². The van der Waals surface area contributed by atoms with Gasteiger partial charge in [-0.15, -0.1) is 0 Å². The normalized spacial score (nSPS) is 10.2. The number of hydrogen-bond acceptors (Lipinski definition) is 3. The van der Waals surface area contributed by atoms with Crippen LogP contribution in [0.2, 0.25) is 0 Å². The van der Waals surface area contributed by atoms with Gasteiger partial charge in [-0.05, 0) is 22.0 Å². The van der Waals surface area contributed by atoms with Crippen LogP contribution >= 0.6 is 15.9 Å². The zero-order valence-corrected chi connectivity index (χ0v) is 8.27. The van der Waals surface area contributed by atoms with Crippen LogP contribution in [0.5, 0.6) is 0 Å². The number of halogens is 1. The molecule has 0 aliphatic carbocycles. The topological polar surface area (TPSA) is 56.7 Å². The van der Waals surface area contributed by atoms with Crippen molar-refractivity contribution < 1.29 is 0 Å². The van der Waals surface area contributed by atoms with Gasteiger partial charge in [-0.2, -0.15) is 5.10 Å². The Labute approximate surface area is 83.5 Å². The Hall–Kier alpha value is -1.36. The molecule has 0 bridgehead atoms. The van der Waals surface area contributed by atoms with Crippen LogP contribution < -0.4 is 5.73 Å². The molecule has 2 N–H and O–H groups in total. The average molecular weight is 239 g/mol. The lowest BCUT2D eigenvalue weighted by Crippen LogP contribution is -1.96. The third-order valence-corrected chi connectivity index (χ3v) is 2.00. The van der Waals surface area contributed by atoms with E-state index >= 15 is 0 Å². The number of nitrogens with two attached hydrogens (primary N) is 1. The first-order valence-electron chi connectivity index (χ1n) is 3.68. The number of aromatic nitrogens is 3. The van der Waals surface area contributed by atoms with E-state index in [1.165, 1.54) is 0 Å². The Bertz CT molecular complexity index is 424. The Balaban J connectivity index is 2.46. The van der Waals surface area contributed by atoms with Crippen molar-refractivity contribution in [3.05, 3.63) is 35.2 Å². The molecule has 2 aromatic rings. The van der Waals surface area contributed by atoms with Crippen molar-refractivity contribution in [1.29, 1.82) is 0 Å². The summed E-state index contributed by atoms with van der Waals surface area (Å²) in [5.41, 5.74) is 6.37. The highest BCUT2D eigenvalue weighted by molar-refractivity contribution is 9.10. The fourth-order valence-electron chi connectivity index (χ4n) is 1.01. The van der Waals surface area contributed by atoms with Crippen LogP contribution in [-0.4, -0.2) is 14.8 Å². The molecule has 0 aliphatic rings. The van der Waals surface area contributed by atoms with E-state index in [0.717, 1.165) is 10.2 Å². The van der Waals surface area contributed by atoms with Gasteiger partial charge in [0.15, 0.2) is 0 Å². The lowest BCUT2D eigenvalue weighted by Gasteiger charge is -1.99. The molecule has 0 aromatic carbocycles. The number of hydrogen-bond donors (Lipinski definition) is 1. The van der Waals surface area contributed by atoms with Gasteiger partial charge in [-0.1, -0.05) is 0 Å². The summed E-state index contributed by atoms with van der Waals surface area (Å²) in [4.78, 5) is 4.02. The second-order valence-corrected chi connectivity index (χ2v) is 3.46. The first-order chi connectivity index (χ1) is 6.25. The Morgan fingerprint density at radius 1 is 1.38 bits per heavy atom. The summed E-state index contributed by atoms with van der Waals surface area (Å²) in [6.07, 6.45) is 5.23. The lowest BCUT2D eigenvalue weighted by atomic mass is 10.4. The van der Waals surface area contributed by atoms with Gasteiger partial charge < -0.3 is 5.73 Å². The van der Waals surface area contributed by atoms with Crippen LogP contribution in [0, 0.1) is 0 Å². The molecule has 0 radical (unpaired) electrons. The van der Waals surface area contributed by atoms with Crippen LogP contribution in [0.25, 0.3) is 5.69 Å². The Morgan fingerprint density at radius 3 is 2.85 bits per heavy atom. The SMILES string of the molecule is Nc1ccn(-c2cncc(Br)c2)n1. The predicted molar refractivity (Wildman–Crippen MR) is 53.5 cm³/mol. The molecule has 13 heavy (non-hydrogen) atoms. The average Bonchev–Trinajstić information content (AvgIpc) is 2.52. The van der Waals surface area contributed by atoms with Crippen LogP contribution in [-0.2, 0) is 0 Å². The predicted octanol–water partition coefficient (Wildman–Crippen LogP) is 1.61. The maximum absolute atomic E-state index is 5.49. The summed E-state index contributed by atoms with van der Waals surface area (Å²) in [5.74, 6) is 0.500. The summed E-state index contributed by atoms with van der Waals surface area (Å²) in [7, 11) is 0. The van der Waals surface area contributed by atoms with Gasteiger partial charge in [-0.3, -0.25) is 4.98 Å². The summed E-state index contributed by atoms with van der Waals surface area (Å²) < 4.78 is 2.59. The molecule has 0 aliphatic heterocycles. The number of nitrogens with zero attached hydrogens (tertiary/aromatic N) is 3. The maximum atomic E-state index is 5.49. The van der Waals surface area contributed by atoms with Crippen molar-refractivity contribution in [3.8, 4) is 5.69 Å². The highest BCUT2D eigenvalue weighted by Gasteiger charge is 1.98. The smallest absolute Gasteiger partial charge is 0.145 e. The van der Waals surface area contributed by atoms with Gasteiger partial charge in [0.05, 0.1) is 11.9 Å². The summed E-state index contributed by atoms with van der Waals surface area (Å²) in [5, 5.41) is 4.06. The standard InChI is InChI=1S/C8H7BrN4/c9-6-3-7(5-11-4-6)13-2-1-8(10)12-13/h1-5H,(H2,10,12). The van der Waals surface area contributed by atoms with E-state index in [9.17, 15) is 0 Å². The molecule has 2 aromatic heterocycles. The van der Waals surface area contributed by atoms with Gasteiger partial charge in [0.2, 0.25) is 0 Å². The molecule has 2 heterocycles. The molecule has 0 amide bonds. The fourth-order valence-corrected chi connectivity index (χ4v) is 1.36. The second-order valence-electron chi connectivity index (χ2n) is 2.55. The highest BCUT2D eigenvalue weighted by atomic mass is 79.9. The zero-order valence-electron chi connectivity index (χ0n) is 6.68. The number of pyridine rings is 1. The van der Waals surface area contributed by atoms with Crippen LogP contribution in [0.3, 0.4) is 0 Å². The van der Waals surface area contributed by atoms with E-state index in [1.54, 1.807) is 29.3 Å². The quantitative estimate of drug-likeness (QED) is 0.822. The van der Waals surface area contributed by atoms with E-state index in [4.69, 9.17) is 5.73 Å². The molecule has 2 rings (SSSR count). The molecule has 0 saturated carbocycles. The minimum Gasteiger partial charge on any atom is -0.382 e. The summed E-state index contributed by atoms with van der Waals surface area (Å²) >= 11 is 3.33. The molecular formula is C8H7BrN4. The van der Waals surface area contributed by atoms with Crippen molar-refractivity contribution in [2.24, 2.45) is 0 Å². The third kappa shape index (κ3) is 1.70. The minimum atomic E-state index is 0.500. The van der Waals surface area contributed by atoms with Gasteiger partial charge >= 0.3 is 0 Å². The maximum Gasteiger partial charge on any atom is 0.145 e. The molecule has 0 fully saturated rings. The third-order valence-electron chi connectivity index (χ3n) is 1.56. The molecular weight excluding hydrogens is 232 g/mol. The van der Waals surface area contributed by atoms with E-state index in [-0.39, 0.29) is 0 Å². The summed E-state index contributed by atoms with van der Waals surface area (Å²) in [6.45, 7) is 0. The van der Waals surface area contributed by atoms with Crippen LogP contribution in [0.4, 0.5) is 5.82 Å². The first-order valence-corrected chi connectivity index (χ1v) is 4.47. The van der Waals surface area contributed by atoms with Crippen LogP contribution in [0.15, 0.2) is 35.2 Å². The highest BCUT2D eigenvalue weighted by Crippen LogP contribution is 2.13. The lowest BCUT2D eigenvalue weighted by molar-refractivity contribution is 0.878. The fraction of sp³-hybridized carbons (Fsp3) is 0. The first kappa shape index (κ1) is 8.25. The monoisotopic (exact) mass is 238 g/mol. The van der Waals surface area contributed by atoms with Gasteiger partial charge in [0.1, 0.15) is 5.82 Å². The van der Waals surface area contributed by atoms with E-state index in [2.05, 4.69) is 26.0 Å². The number of nitrogen functional groups attached to an aromatic ring is 1. The van der Waals surface area contributed by atoms with Gasteiger partial charge in [0.25, 0.3) is 0 Å². The van der Waals surface area contributed by atoms with Crippen molar-refractivity contribution in [2.45, 2.75) is 0 Å². The molecule has 0 saturated heterocycles. The van der Waals surface area contributed by atoms with Crippen molar-refractivity contribution >= 4 is 21.7 Å². The molecule has 0 spiro atoms. The van der Waals surface area contributed by atoms with Crippen molar-refractivity contribution in [3.63, 3.8) is 0 Å². The van der Waals surface area contributed by atoms with Crippen molar-refractivity contribution in [1.82, 2.24) is 14.8 Å². The minimum absolute atomic E-state index is 0.500. The van der Waals surface area contributed by atoms with Crippen LogP contribution in [0.1, 0.15) is 0 Å². The molecule has 0 atom stereocenters. The molecule has 5 heteroatoms. The van der Waals surface area contributed by atoms with Crippen molar-refractivity contribution in [2.75, 3.05) is 5.73 Å². The number of rotatable bonds is 1. The largest absolute Gasteiger partial charge is 0.382 e. The molecule has 0 unspecified atom stereocenters. The summed E-state index contributed by atoms with van der Waals surface area (Å²) in [6, 6.07) is 3.65. The van der Waals surface area contributed by atoms with Gasteiger partial charge in [-0.25, -0.2) is 4.68 Å². The van der Waals surface area contributed by atoms with E-state index in [0.29, 0.717) is 5.82 Å². The second kappa shape index (κ2) is 3.18. The molecule has 66 valence electrons. The number of anilines is 1. The molecule has 4 nitrogen and oxygen atoms in total. The Kier molecular flexibility index (Phi) is 2.02.